The normalized spacial score (nSPS) is 14.8. The SMILES string of the molecule is [2H]c1ccc(-c2c3c([2H])c([2H])c([2H])c([2H])c3c(-c3cc(-c4ccccc4)cc4oc5ccccc5c34)c3c([2H])c([2H])c([2H])c([2H])c23)cc1. The molecule has 0 spiro atoms. The molecule has 0 unspecified atom stereocenters. The maximum Gasteiger partial charge on any atom is 0.136 e. The van der Waals surface area contributed by atoms with Gasteiger partial charge in [0.25, 0.3) is 0 Å². The van der Waals surface area contributed by atoms with Crippen LogP contribution in [-0.4, -0.2) is 0 Å². The molecule has 1 heteroatoms. The molecular formula is C38H24O. The molecule has 0 N–H and O–H groups in total. The first-order chi connectivity index (χ1) is 23.1. The predicted molar refractivity (Wildman–Crippen MR) is 165 cm³/mol. The van der Waals surface area contributed by atoms with Crippen molar-refractivity contribution in [2.24, 2.45) is 0 Å². The smallest absolute Gasteiger partial charge is 0.136 e. The largest absolute Gasteiger partial charge is 0.456 e. The molecule has 0 atom stereocenters. The zero-order chi connectivity index (χ0) is 33.6. The van der Waals surface area contributed by atoms with Gasteiger partial charge in [-0.05, 0) is 73.1 Å². The van der Waals surface area contributed by atoms with Gasteiger partial charge in [0.05, 0.1) is 12.3 Å². The van der Waals surface area contributed by atoms with Crippen molar-refractivity contribution in [1.82, 2.24) is 0 Å². The fraction of sp³-hybridized carbons (Fsp3) is 0. The molecule has 182 valence electrons. The Morgan fingerprint density at radius 3 is 1.72 bits per heavy atom. The van der Waals surface area contributed by atoms with Gasteiger partial charge in [0.15, 0.2) is 0 Å². The third-order valence-corrected chi connectivity index (χ3v) is 7.24. The highest BCUT2D eigenvalue weighted by atomic mass is 16.3. The van der Waals surface area contributed by atoms with E-state index in [0.29, 0.717) is 27.7 Å². The Morgan fingerprint density at radius 1 is 0.436 bits per heavy atom. The first-order valence-corrected chi connectivity index (χ1v) is 12.6. The van der Waals surface area contributed by atoms with Crippen LogP contribution < -0.4 is 0 Å². The number of benzene rings is 7. The van der Waals surface area contributed by atoms with E-state index in [0.717, 1.165) is 16.5 Å². The van der Waals surface area contributed by atoms with Gasteiger partial charge in [-0.15, -0.1) is 0 Å². The van der Waals surface area contributed by atoms with Crippen LogP contribution in [0.15, 0.2) is 150 Å². The highest BCUT2D eigenvalue weighted by Crippen LogP contribution is 2.47. The third kappa shape index (κ3) is 3.41. The molecule has 0 saturated carbocycles. The highest BCUT2D eigenvalue weighted by molar-refractivity contribution is 6.26. The van der Waals surface area contributed by atoms with Crippen LogP contribution in [0.5, 0.6) is 0 Å². The maximum atomic E-state index is 9.32. The first-order valence-electron chi connectivity index (χ1n) is 17.1. The van der Waals surface area contributed by atoms with Crippen molar-refractivity contribution in [2.45, 2.75) is 0 Å². The van der Waals surface area contributed by atoms with Crippen molar-refractivity contribution in [3.05, 3.63) is 145 Å². The highest BCUT2D eigenvalue weighted by Gasteiger charge is 2.21. The van der Waals surface area contributed by atoms with Crippen LogP contribution in [0.4, 0.5) is 0 Å². The number of hydrogen-bond acceptors (Lipinski definition) is 1. The van der Waals surface area contributed by atoms with Gasteiger partial charge in [-0.1, -0.05) is 127 Å². The van der Waals surface area contributed by atoms with Crippen LogP contribution in [0.1, 0.15) is 12.3 Å². The predicted octanol–water partition coefficient (Wildman–Crippen LogP) is 10.9. The minimum atomic E-state index is -0.464. The van der Waals surface area contributed by atoms with E-state index in [4.69, 9.17) is 11.3 Å². The van der Waals surface area contributed by atoms with Gasteiger partial charge >= 0.3 is 0 Å². The van der Waals surface area contributed by atoms with Gasteiger partial charge in [0.2, 0.25) is 0 Å². The fourth-order valence-corrected chi connectivity index (χ4v) is 5.59. The summed E-state index contributed by atoms with van der Waals surface area (Å²) in [5, 5.41) is 1.90. The van der Waals surface area contributed by atoms with Crippen LogP contribution in [-0.2, 0) is 0 Å². The zero-order valence-corrected chi connectivity index (χ0v) is 20.6. The molecule has 0 aliphatic rings. The second-order valence-corrected chi connectivity index (χ2v) is 9.40. The van der Waals surface area contributed by atoms with Crippen molar-refractivity contribution in [3.8, 4) is 33.4 Å². The van der Waals surface area contributed by atoms with Gasteiger partial charge < -0.3 is 4.42 Å². The Bertz CT molecular complexity index is 2560. The van der Waals surface area contributed by atoms with E-state index in [1.165, 1.54) is 0 Å². The van der Waals surface area contributed by atoms with Gasteiger partial charge in [-0.25, -0.2) is 0 Å². The van der Waals surface area contributed by atoms with Crippen LogP contribution in [0.2, 0.25) is 0 Å². The minimum Gasteiger partial charge on any atom is -0.456 e. The summed E-state index contributed by atoms with van der Waals surface area (Å²) in [6, 6.07) is 24.3. The average molecular weight is 506 g/mol. The first kappa shape index (κ1) is 14.7. The van der Waals surface area contributed by atoms with E-state index in [9.17, 15) is 5.48 Å². The average Bonchev–Trinajstić information content (AvgIpc) is 3.49. The molecule has 0 aliphatic heterocycles. The molecule has 1 nitrogen and oxygen atoms in total. The Kier molecular flexibility index (Phi) is 3.29. The summed E-state index contributed by atoms with van der Waals surface area (Å²) < 4.78 is 86.4. The van der Waals surface area contributed by atoms with E-state index in [-0.39, 0.29) is 62.9 Å². The minimum absolute atomic E-state index is 0.123. The molecule has 8 aromatic rings. The lowest BCUT2D eigenvalue weighted by Gasteiger charge is -2.19. The molecule has 0 fully saturated rings. The number of para-hydroxylation sites is 1. The lowest BCUT2D eigenvalue weighted by Crippen LogP contribution is -1.92. The lowest BCUT2D eigenvalue weighted by molar-refractivity contribution is 0.669. The Morgan fingerprint density at radius 2 is 1.03 bits per heavy atom. The zero-order valence-electron chi connectivity index (χ0n) is 29.6. The van der Waals surface area contributed by atoms with Gasteiger partial charge in [0.1, 0.15) is 11.2 Å². The van der Waals surface area contributed by atoms with E-state index in [1.54, 1.807) is 24.3 Å². The lowest BCUT2D eigenvalue weighted by atomic mass is 9.84. The van der Waals surface area contributed by atoms with Crippen molar-refractivity contribution in [1.29, 1.82) is 0 Å². The van der Waals surface area contributed by atoms with Gasteiger partial charge in [0, 0.05) is 10.8 Å². The van der Waals surface area contributed by atoms with Crippen LogP contribution in [0, 0.1) is 0 Å². The molecule has 0 saturated heterocycles. The molecule has 1 aromatic heterocycles. The molecule has 0 radical (unpaired) electrons. The van der Waals surface area contributed by atoms with E-state index >= 15 is 0 Å². The fourth-order valence-electron chi connectivity index (χ4n) is 5.59. The summed E-state index contributed by atoms with van der Waals surface area (Å²) in [5.41, 5.74) is 4.22. The van der Waals surface area contributed by atoms with Crippen LogP contribution >= 0.6 is 0 Å². The molecule has 0 aliphatic carbocycles. The van der Waals surface area contributed by atoms with Crippen molar-refractivity contribution in [2.75, 3.05) is 0 Å². The molecule has 7 aromatic carbocycles. The molecular weight excluding hydrogens is 472 g/mol. The second-order valence-electron chi connectivity index (χ2n) is 9.40. The monoisotopic (exact) mass is 505 g/mol. The maximum absolute atomic E-state index is 9.32. The van der Waals surface area contributed by atoms with Crippen LogP contribution in [0.3, 0.4) is 0 Å². The Balaban J connectivity index is 1.73. The van der Waals surface area contributed by atoms with Crippen molar-refractivity contribution >= 4 is 43.5 Å². The number of furan rings is 1. The van der Waals surface area contributed by atoms with Crippen molar-refractivity contribution in [3.63, 3.8) is 0 Å². The summed E-state index contributed by atoms with van der Waals surface area (Å²) in [6.45, 7) is 0. The Labute approximate surface area is 239 Å². The van der Waals surface area contributed by atoms with Crippen molar-refractivity contribution < 1.29 is 16.8 Å². The molecule has 0 bridgehead atoms. The third-order valence-electron chi connectivity index (χ3n) is 7.24. The Hall–Kier alpha value is -5.14. The van der Waals surface area contributed by atoms with E-state index in [2.05, 4.69) is 0 Å². The molecule has 8 rings (SSSR count). The molecule has 39 heavy (non-hydrogen) atoms. The summed E-state index contributed by atoms with van der Waals surface area (Å²) >= 11 is 0. The second kappa shape index (κ2) is 8.72. The summed E-state index contributed by atoms with van der Waals surface area (Å²) in [5.74, 6) is 0. The van der Waals surface area contributed by atoms with E-state index in [1.807, 2.05) is 66.7 Å². The molecule has 1 heterocycles. The summed E-state index contributed by atoms with van der Waals surface area (Å²) in [6.07, 6.45) is 0. The quantitative estimate of drug-likeness (QED) is 0.218. The van der Waals surface area contributed by atoms with Crippen LogP contribution in [0.25, 0.3) is 76.9 Å². The summed E-state index contributed by atoms with van der Waals surface area (Å²) in [4.78, 5) is 0. The topological polar surface area (TPSA) is 13.1 Å². The summed E-state index contributed by atoms with van der Waals surface area (Å²) in [7, 11) is 0. The van der Waals surface area contributed by atoms with Gasteiger partial charge in [-0.2, -0.15) is 0 Å². The standard InChI is InChI=1S/C38H24O/c1-3-13-25(14-4-1)27-23-33(38-32-21-11-12-22-34(32)39-35(38)24-27)37-30-19-9-7-17-28(30)36(26-15-5-2-6-16-26)29-18-8-10-20-31(29)37/h1-24H/i2D,7D,8D,9D,10D,17D,18D,19D,20D. The molecule has 0 amide bonds. The number of hydrogen-bond donors (Lipinski definition) is 0. The van der Waals surface area contributed by atoms with Gasteiger partial charge in [-0.3, -0.25) is 0 Å². The number of rotatable bonds is 3. The van der Waals surface area contributed by atoms with E-state index < -0.39 is 24.2 Å². The number of fused-ring (bicyclic) bond motifs is 5.